The molecule has 4 aliphatic rings. The highest BCUT2D eigenvalue weighted by molar-refractivity contribution is 5.92. The highest BCUT2D eigenvalue weighted by atomic mass is 16.5. The summed E-state index contributed by atoms with van der Waals surface area (Å²) in [5, 5.41) is 89.5. The first kappa shape index (κ1) is 87.6. The zero-order valence-electron chi connectivity index (χ0n) is 74.7. The number of aryl methyl sites for hydroxylation is 2. The highest BCUT2D eigenvalue weighted by Crippen LogP contribution is 2.41. The number of nitrogens with one attached hydrogen (secondary N) is 4. The second kappa shape index (κ2) is 36.4. The third kappa shape index (κ3) is 22.2. The molecule has 4 fully saturated rings. The van der Waals surface area contributed by atoms with Crippen LogP contribution in [0, 0.1) is 6.92 Å². The number of anilines is 3. The number of piperazine rings is 1. The van der Waals surface area contributed by atoms with Crippen molar-refractivity contribution in [1.29, 1.82) is 0 Å². The molecule has 7 N–H and O–H groups in total. The Labute approximate surface area is 723 Å². The van der Waals surface area contributed by atoms with E-state index < -0.39 is 0 Å². The van der Waals surface area contributed by atoms with Crippen molar-refractivity contribution in [3.8, 4) is 74.0 Å². The Morgan fingerprint density at radius 3 is 1.41 bits per heavy atom. The Balaban J connectivity index is 0.000000135. The van der Waals surface area contributed by atoms with Gasteiger partial charge in [-0.25, -0.2) is 4.98 Å². The molecule has 0 saturated carbocycles. The van der Waals surface area contributed by atoms with E-state index in [1.54, 1.807) is 18.2 Å². The van der Waals surface area contributed by atoms with Gasteiger partial charge >= 0.3 is 0 Å². The average molecular weight is 1660 g/mol. The number of hydrogen-bond donors (Lipinski definition) is 7. The maximum absolute atomic E-state index is 10.7. The number of phenolic OH excluding ortho intramolecular Hbond substituents is 3. The molecule has 0 atom stereocenters. The molecule has 0 aliphatic carbocycles. The topological polar surface area (TPSA) is 292 Å². The summed E-state index contributed by atoms with van der Waals surface area (Å²) in [7, 11) is 4.23. The van der Waals surface area contributed by atoms with E-state index in [1.165, 1.54) is 0 Å². The molecule has 0 spiro atoms. The largest absolute Gasteiger partial charge is 0.507 e. The molecular weight excluding hydrogens is 1540 g/mol. The van der Waals surface area contributed by atoms with Crippen molar-refractivity contribution in [3.05, 3.63) is 205 Å². The minimum absolute atomic E-state index is 0.000140. The third-order valence-electron chi connectivity index (χ3n) is 23.5. The Morgan fingerprint density at radius 2 is 0.911 bits per heavy atom. The molecule has 24 nitrogen and oxygen atoms in total. The number of aromatic nitrogens is 12. The molecule has 0 bridgehead atoms. The predicted octanol–water partition coefficient (Wildman–Crippen LogP) is 18.4. The summed E-state index contributed by atoms with van der Waals surface area (Å²) in [6.07, 6.45) is 15.4. The van der Waals surface area contributed by atoms with Crippen molar-refractivity contribution >= 4 is 60.5 Å². The number of benzene rings is 5. The minimum Gasteiger partial charge on any atom is -0.507 e. The van der Waals surface area contributed by atoms with Crippen LogP contribution in [0.1, 0.15) is 177 Å². The van der Waals surface area contributed by atoms with Gasteiger partial charge in [-0.2, -0.15) is 0 Å². The van der Waals surface area contributed by atoms with Crippen LogP contribution in [0.2, 0.25) is 0 Å². The van der Waals surface area contributed by atoms with Crippen LogP contribution >= 0.6 is 0 Å². The van der Waals surface area contributed by atoms with Gasteiger partial charge < -0.3 is 60.8 Å². The number of phenols is 3. The molecule has 123 heavy (non-hydrogen) atoms. The summed E-state index contributed by atoms with van der Waals surface area (Å²) in [5.74, 6) is 4.67. The number of piperidine rings is 3. The van der Waals surface area contributed by atoms with Crippen LogP contribution in [0.5, 0.6) is 29.0 Å². The van der Waals surface area contributed by atoms with Crippen molar-refractivity contribution < 1.29 is 24.8 Å². The summed E-state index contributed by atoms with van der Waals surface area (Å²) in [6, 6.07) is 51.9. The zero-order valence-corrected chi connectivity index (χ0v) is 74.7. The van der Waals surface area contributed by atoms with Crippen LogP contribution in [-0.4, -0.2) is 168 Å². The Hall–Kier alpha value is -11.7. The van der Waals surface area contributed by atoms with Gasteiger partial charge in [-0.15, -0.1) is 40.8 Å². The Morgan fingerprint density at radius 1 is 0.439 bits per heavy atom. The van der Waals surface area contributed by atoms with Gasteiger partial charge in [0.1, 0.15) is 30.0 Å². The van der Waals surface area contributed by atoms with Gasteiger partial charge in [0.05, 0.1) is 22.8 Å². The molecule has 4 aliphatic heterocycles. The lowest BCUT2D eigenvalue weighted by molar-refractivity contribution is 0.0524. The summed E-state index contributed by atoms with van der Waals surface area (Å²) in [6.45, 7) is 39.5. The summed E-state index contributed by atoms with van der Waals surface area (Å²) < 4.78 is 12.1. The maximum atomic E-state index is 10.7. The average Bonchev–Trinajstić information content (AvgIpc) is 0.798. The number of fused-ring (bicyclic) bond motifs is 4. The third-order valence-corrected chi connectivity index (χ3v) is 23.5. The second-order valence-corrected chi connectivity index (χ2v) is 38.0. The van der Waals surface area contributed by atoms with Crippen LogP contribution in [-0.2, 0) is 13.0 Å². The molecule has 17 rings (SSSR count). The number of hydrogen-bond acceptors (Lipinski definition) is 24. The molecular formula is C99H121N19O5. The Bertz CT molecular complexity index is 5780. The summed E-state index contributed by atoms with van der Waals surface area (Å²) in [4.78, 5) is 24.6. The summed E-state index contributed by atoms with van der Waals surface area (Å²) in [5.41, 5.74) is 10.2. The maximum Gasteiger partial charge on any atom is 0.233 e. The fourth-order valence-corrected chi connectivity index (χ4v) is 18.5. The van der Waals surface area contributed by atoms with Crippen LogP contribution in [0.15, 0.2) is 183 Å². The number of nitrogens with zero attached hydrogens (tertiary/aromatic N) is 15. The zero-order chi connectivity index (χ0) is 87.3. The number of aromatic hydroxyl groups is 3. The van der Waals surface area contributed by atoms with Gasteiger partial charge in [0.2, 0.25) is 11.8 Å². The quantitative estimate of drug-likeness (QED) is 0.0446. The van der Waals surface area contributed by atoms with Crippen LogP contribution in [0.3, 0.4) is 0 Å². The number of rotatable bonds is 17. The fraction of sp³-hybridized carbons (Fsp3) is 0.414. The second-order valence-electron chi connectivity index (χ2n) is 38.0. The predicted molar refractivity (Wildman–Crippen MR) is 495 cm³/mol. The first-order valence-electron chi connectivity index (χ1n) is 43.2. The van der Waals surface area contributed by atoms with E-state index in [2.05, 4.69) is 245 Å². The molecule has 0 radical (unpaired) electrons. The number of ether oxygens (including phenoxy) is 2. The lowest BCUT2D eigenvalue weighted by Crippen LogP contribution is -2.62. The monoisotopic (exact) mass is 1660 g/mol. The van der Waals surface area contributed by atoms with Crippen molar-refractivity contribution in [2.45, 2.75) is 226 Å². The van der Waals surface area contributed by atoms with Crippen LogP contribution in [0.4, 0.5) is 17.5 Å². The first-order chi connectivity index (χ1) is 58.5. The fourth-order valence-electron chi connectivity index (χ4n) is 18.5. The van der Waals surface area contributed by atoms with Gasteiger partial charge in [-0.1, -0.05) is 69.7 Å². The van der Waals surface area contributed by atoms with Crippen LogP contribution < -0.4 is 45.4 Å². The molecule has 24 heteroatoms. The molecule has 13 aromatic rings. The van der Waals surface area contributed by atoms with Crippen molar-refractivity contribution in [1.82, 2.24) is 82.0 Å². The van der Waals surface area contributed by atoms with Crippen molar-refractivity contribution in [2.24, 2.45) is 0 Å². The SMILES string of the molecule is CC(C)c1cc2cc(O)c(-c3ccc(OC4CC(C)(C)NC(C)(C)C4)nn3)cc2cn1.CCCc1cc2cc(O)c(-c3ccc(N(C)C4CC(C)(C)NC(C)(C)C4)nn3)cc2cn1.CN(c1ccc(-c2ccc3cnc(OCc4ccccc4)cc3c2)nn1)C1CC(C)(C)NC(C)(C)C1.Cc1cc2cc(O)c(-c3ccc(N4CCNCC4)nn3)cc2cn1. The van der Waals surface area contributed by atoms with E-state index in [0.717, 1.165) is 172 Å². The normalized spacial score (nSPS) is 17.3. The van der Waals surface area contributed by atoms with Gasteiger partial charge in [0, 0.05) is 196 Å². The lowest BCUT2D eigenvalue weighted by atomic mass is 9.79. The van der Waals surface area contributed by atoms with Gasteiger partial charge in [0.25, 0.3) is 0 Å². The lowest BCUT2D eigenvalue weighted by Gasteiger charge is -2.49. The molecule has 5 aromatic carbocycles. The van der Waals surface area contributed by atoms with E-state index in [0.29, 0.717) is 70.1 Å². The summed E-state index contributed by atoms with van der Waals surface area (Å²) >= 11 is 0. The van der Waals surface area contributed by atoms with E-state index in [-0.39, 0.29) is 56.6 Å². The van der Waals surface area contributed by atoms with Gasteiger partial charge in [0.15, 0.2) is 17.5 Å². The molecule has 4 saturated heterocycles. The number of pyridine rings is 4. The molecule has 12 heterocycles. The van der Waals surface area contributed by atoms with Crippen molar-refractivity contribution in [3.63, 3.8) is 0 Å². The standard InChI is InChI=1S/C30H35N5O.C26H35N5O.C25H32N4O2.C18H19N5O/c1-29(2)17-25(18-30(3,4)34-29)35(5)27-14-13-26(32-33-27)22-11-12-23-19-31-28(16-24(23)15-22)36-20-21-9-7-6-8-10-21;1-7-8-19-11-17-13-23(32)21(12-18(17)16-27-19)22-9-10-24(29-28-22)31(6)20-14-25(2,3)30-26(4,5)15-20;1-15(2)21-10-16-11-22(30)19(9-17(16)14-26-21)20-7-8-23(28-27-20)31-18-12-24(3,4)29-25(5,6)13-18;1-12-8-13-10-17(24)15(9-14(13)11-20-12)16-2-3-18(22-21-16)23-6-4-19-5-7-23/h6-16,19,25,34H,17-18,20H2,1-5H3;9-13,16,20,30,32H,7-8,14-15H2,1-6H3;7-11,14-15,18,29-30H,12-13H2,1-6H3;2-3,8-11,19,24H,4-7H2,1H3. The van der Waals surface area contributed by atoms with Crippen molar-refractivity contribution in [2.75, 3.05) is 55.0 Å². The molecule has 0 unspecified atom stereocenters. The van der Waals surface area contributed by atoms with E-state index >= 15 is 0 Å². The van der Waals surface area contributed by atoms with Crippen LogP contribution in [0.25, 0.3) is 88.1 Å². The first-order valence-corrected chi connectivity index (χ1v) is 43.2. The molecule has 642 valence electrons. The van der Waals surface area contributed by atoms with E-state index in [9.17, 15) is 15.3 Å². The minimum atomic E-state index is 0.000140. The highest BCUT2D eigenvalue weighted by Gasteiger charge is 2.42. The molecule has 0 amide bonds. The molecule has 8 aromatic heterocycles. The van der Waals surface area contributed by atoms with Gasteiger partial charge in [-0.3, -0.25) is 15.0 Å². The van der Waals surface area contributed by atoms with Gasteiger partial charge in [-0.05, 0) is 258 Å². The Kier molecular flexibility index (Phi) is 25.9. The van der Waals surface area contributed by atoms with E-state index in [4.69, 9.17) is 9.47 Å². The van der Waals surface area contributed by atoms with E-state index in [1.807, 2.05) is 141 Å². The smallest absolute Gasteiger partial charge is 0.233 e.